The molecule has 0 bridgehead atoms. The van der Waals surface area contributed by atoms with Gasteiger partial charge in [0.1, 0.15) is 12.2 Å². The van der Waals surface area contributed by atoms with Crippen LogP contribution in [0.2, 0.25) is 0 Å². The molecule has 0 radical (unpaired) electrons. The minimum absolute atomic E-state index is 0.0133. The summed E-state index contributed by atoms with van der Waals surface area (Å²) in [5.41, 5.74) is 0. The number of hydrogen-bond acceptors (Lipinski definition) is 8. The van der Waals surface area contributed by atoms with Gasteiger partial charge in [-0.3, -0.25) is 4.79 Å². The molecule has 0 aliphatic carbocycles. The minimum Gasteiger partial charge on any atom is -0.463 e. The van der Waals surface area contributed by atoms with Crippen molar-refractivity contribution in [3.05, 3.63) is 0 Å². The summed E-state index contributed by atoms with van der Waals surface area (Å²) in [5.74, 6) is 0.0133. The quantitative estimate of drug-likeness (QED) is 0.0721. The molecule has 0 heterocycles. The van der Waals surface area contributed by atoms with E-state index in [0.29, 0.717) is 6.42 Å². The monoisotopic (exact) mass is 552 g/mol. The van der Waals surface area contributed by atoms with Crippen molar-refractivity contribution in [3.8, 4) is 0 Å². The number of aliphatic hydroxyl groups is 6. The third kappa shape index (κ3) is 39.7. The summed E-state index contributed by atoms with van der Waals surface area (Å²) in [5, 5.41) is 48.0. The molecule has 0 amide bonds. The van der Waals surface area contributed by atoms with E-state index >= 15 is 0 Å². The largest absolute Gasteiger partial charge is 0.463 e. The van der Waals surface area contributed by atoms with Gasteiger partial charge >= 0.3 is 5.97 Å². The van der Waals surface area contributed by atoms with Gasteiger partial charge < -0.3 is 35.4 Å². The second-order valence-electron chi connectivity index (χ2n) is 10.2. The van der Waals surface area contributed by atoms with E-state index in [1.807, 2.05) is 6.92 Å². The van der Waals surface area contributed by atoms with Crippen LogP contribution in [0.25, 0.3) is 0 Å². The van der Waals surface area contributed by atoms with Crippen LogP contribution in [0.5, 0.6) is 0 Å². The van der Waals surface area contributed by atoms with E-state index in [9.17, 15) is 4.79 Å². The molecular weight excluding hydrogens is 488 g/mol. The van der Waals surface area contributed by atoms with Gasteiger partial charge in [0.2, 0.25) is 0 Å². The number of aliphatic hydroxyl groups excluding tert-OH is 6. The highest BCUT2D eigenvalue weighted by molar-refractivity contribution is 5.69. The summed E-state index contributed by atoms with van der Waals surface area (Å²) in [6.07, 6.45) is 22.1. The number of rotatable bonds is 24. The lowest BCUT2D eigenvalue weighted by molar-refractivity contribution is -0.148. The highest BCUT2D eigenvalue weighted by atomic mass is 16.5. The molecule has 1 unspecified atom stereocenters. The van der Waals surface area contributed by atoms with Gasteiger partial charge in [-0.1, -0.05) is 110 Å². The Morgan fingerprint density at radius 2 is 0.868 bits per heavy atom. The zero-order valence-electron chi connectivity index (χ0n) is 25.0. The van der Waals surface area contributed by atoms with Crippen LogP contribution < -0.4 is 0 Å². The summed E-state index contributed by atoms with van der Waals surface area (Å²) in [4.78, 5) is 11.9. The fourth-order valence-corrected chi connectivity index (χ4v) is 3.60. The van der Waals surface area contributed by atoms with E-state index in [1.54, 1.807) is 0 Å². The Balaban J connectivity index is -0.000000839. The van der Waals surface area contributed by atoms with Crippen molar-refractivity contribution < 1.29 is 40.2 Å². The van der Waals surface area contributed by atoms with Crippen LogP contribution in [0.1, 0.15) is 143 Å². The molecule has 8 heteroatoms. The lowest BCUT2D eigenvalue weighted by Crippen LogP contribution is -2.15. The Morgan fingerprint density at radius 1 is 0.553 bits per heavy atom. The predicted octanol–water partition coefficient (Wildman–Crippen LogP) is 5.03. The highest BCUT2D eigenvalue weighted by Crippen LogP contribution is 2.14. The highest BCUT2D eigenvalue weighted by Gasteiger charge is 2.09. The molecule has 0 rings (SSSR count). The smallest absolute Gasteiger partial charge is 0.306 e. The summed E-state index contributed by atoms with van der Waals surface area (Å²) >= 11 is 0. The topological polar surface area (TPSA) is 148 Å². The van der Waals surface area contributed by atoms with E-state index in [2.05, 4.69) is 13.8 Å². The molecule has 0 aliphatic rings. The molecule has 1 atom stereocenters. The maximum Gasteiger partial charge on any atom is 0.306 e. The van der Waals surface area contributed by atoms with Crippen molar-refractivity contribution in [1.29, 1.82) is 0 Å². The number of unbranched alkanes of at least 4 members (excludes halogenated alkanes) is 15. The van der Waals surface area contributed by atoms with Gasteiger partial charge in [-0.05, 0) is 26.2 Å². The number of carbonyl (C=O) groups excluding carboxylic acids is 1. The normalized spacial score (nSPS) is 11.6. The lowest BCUT2D eigenvalue weighted by Gasteiger charge is -2.13. The van der Waals surface area contributed by atoms with Gasteiger partial charge in [-0.15, -0.1) is 0 Å². The average molecular weight is 553 g/mol. The Kier molecular flexibility index (Phi) is 39.8. The molecule has 0 fully saturated rings. The molecule has 232 valence electrons. The predicted molar refractivity (Wildman–Crippen MR) is 155 cm³/mol. The fraction of sp³-hybridized carbons (Fsp3) is 0.967. The zero-order valence-corrected chi connectivity index (χ0v) is 25.0. The van der Waals surface area contributed by atoms with Crippen LogP contribution in [0.15, 0.2) is 0 Å². The minimum atomic E-state index is -0.954. The van der Waals surface area contributed by atoms with Gasteiger partial charge in [0.25, 0.3) is 0 Å². The molecule has 0 aromatic carbocycles. The molecule has 0 aromatic heterocycles. The Hall–Kier alpha value is -0.770. The third-order valence-corrected chi connectivity index (χ3v) is 6.12. The molecule has 8 nitrogen and oxygen atoms in total. The van der Waals surface area contributed by atoms with E-state index in [0.717, 1.165) is 12.8 Å². The van der Waals surface area contributed by atoms with Crippen molar-refractivity contribution in [3.63, 3.8) is 0 Å². The Bertz CT molecular complexity index is 418. The van der Waals surface area contributed by atoms with Gasteiger partial charge in [-0.2, -0.15) is 0 Å². The second kappa shape index (κ2) is 36.2. The fourth-order valence-electron chi connectivity index (χ4n) is 3.60. The van der Waals surface area contributed by atoms with Crippen LogP contribution in [0, 0.1) is 0 Å². The van der Waals surface area contributed by atoms with Crippen LogP contribution in [0.4, 0.5) is 0 Å². The first kappa shape index (κ1) is 41.7. The third-order valence-electron chi connectivity index (χ3n) is 6.12. The molecule has 0 spiro atoms. The Labute approximate surface area is 233 Å². The summed E-state index contributed by atoms with van der Waals surface area (Å²) in [6.45, 7) is 5.10. The molecule has 0 saturated heterocycles. The van der Waals surface area contributed by atoms with Gasteiger partial charge in [0.05, 0.1) is 32.5 Å². The molecule has 0 saturated carbocycles. The summed E-state index contributed by atoms with van der Waals surface area (Å²) in [7, 11) is 0. The molecular formula is C30H64O8. The van der Waals surface area contributed by atoms with Crippen molar-refractivity contribution in [2.75, 3.05) is 26.4 Å². The van der Waals surface area contributed by atoms with E-state index in [-0.39, 0.29) is 38.5 Å². The summed E-state index contributed by atoms with van der Waals surface area (Å²) < 4.78 is 5.53. The van der Waals surface area contributed by atoms with Crippen LogP contribution >= 0.6 is 0 Å². The SMILES string of the molecule is CCCCCCCCCCCCCC(=O)OC(C)CCCCCCCC.OCC(O)CO.OCC(O)CO. The van der Waals surface area contributed by atoms with Crippen LogP contribution in [-0.2, 0) is 9.53 Å². The van der Waals surface area contributed by atoms with Crippen LogP contribution in [0.3, 0.4) is 0 Å². The standard InChI is InChI=1S/C24H48O2.2C3H8O3/c1-4-6-8-10-12-13-14-15-16-18-20-22-24(25)26-23(3)21-19-17-11-9-7-5-2;2*4-1-3(6)2-5/h23H,4-22H2,1-3H3;2*3-6H,1-2H2. The molecule has 0 aromatic rings. The van der Waals surface area contributed by atoms with Crippen molar-refractivity contribution in [1.82, 2.24) is 0 Å². The maximum absolute atomic E-state index is 11.9. The molecule has 38 heavy (non-hydrogen) atoms. The number of hydrogen-bond donors (Lipinski definition) is 6. The van der Waals surface area contributed by atoms with Crippen molar-refractivity contribution >= 4 is 5.97 Å². The zero-order chi connectivity index (χ0) is 29.3. The maximum atomic E-state index is 11.9. The van der Waals surface area contributed by atoms with E-state index in [4.69, 9.17) is 35.4 Å². The van der Waals surface area contributed by atoms with Crippen molar-refractivity contribution in [2.45, 2.75) is 161 Å². The van der Waals surface area contributed by atoms with Gasteiger partial charge in [0.15, 0.2) is 0 Å². The average Bonchev–Trinajstić information content (AvgIpc) is 2.93. The number of carbonyl (C=O) groups is 1. The number of ether oxygens (including phenoxy) is 1. The molecule has 0 aliphatic heterocycles. The van der Waals surface area contributed by atoms with Gasteiger partial charge in [0, 0.05) is 6.42 Å². The molecule has 6 N–H and O–H groups in total. The van der Waals surface area contributed by atoms with Gasteiger partial charge in [-0.25, -0.2) is 0 Å². The first-order valence-corrected chi connectivity index (χ1v) is 15.3. The van der Waals surface area contributed by atoms with Crippen molar-refractivity contribution in [2.24, 2.45) is 0 Å². The lowest BCUT2D eigenvalue weighted by atomic mass is 10.1. The first-order chi connectivity index (χ1) is 18.3. The second-order valence-corrected chi connectivity index (χ2v) is 10.2. The van der Waals surface area contributed by atoms with E-state index in [1.165, 1.54) is 103 Å². The van der Waals surface area contributed by atoms with E-state index < -0.39 is 12.2 Å². The first-order valence-electron chi connectivity index (χ1n) is 15.3. The van der Waals surface area contributed by atoms with Crippen LogP contribution in [-0.4, -0.2) is 81.3 Å². The Morgan fingerprint density at radius 3 is 1.18 bits per heavy atom. The number of esters is 1. The summed E-state index contributed by atoms with van der Waals surface area (Å²) in [6, 6.07) is 0.